The maximum atomic E-state index is 14.8. The van der Waals surface area contributed by atoms with Crippen LogP contribution >= 0.6 is 0 Å². The molecule has 3 rings (SSSR count). The minimum absolute atomic E-state index is 0.0500. The standard InChI is InChI=1S/C21H21F3N2O3/c1-13-11-16(5-6-18(13)22)25-19(28)14-3-2-4-15(12-14)21(23,24)20(29)26-9-7-17(27)8-10-26/h2-6,11-12,17,27H,7-10H2,1H3,(H,25,28). The van der Waals surface area contributed by atoms with E-state index >= 15 is 0 Å². The van der Waals surface area contributed by atoms with Crippen LogP contribution in [0.15, 0.2) is 42.5 Å². The first-order chi connectivity index (χ1) is 13.7. The van der Waals surface area contributed by atoms with Crippen LogP contribution < -0.4 is 5.32 Å². The zero-order valence-corrected chi connectivity index (χ0v) is 15.8. The molecule has 2 aromatic carbocycles. The molecule has 0 bridgehead atoms. The molecule has 0 radical (unpaired) electrons. The van der Waals surface area contributed by atoms with Gasteiger partial charge in [0.05, 0.1) is 6.10 Å². The van der Waals surface area contributed by atoms with E-state index in [0.29, 0.717) is 11.3 Å². The van der Waals surface area contributed by atoms with Crippen molar-refractivity contribution in [1.29, 1.82) is 0 Å². The summed E-state index contributed by atoms with van der Waals surface area (Å²) in [7, 11) is 0. The molecule has 8 heteroatoms. The molecule has 1 saturated heterocycles. The maximum Gasteiger partial charge on any atom is 0.349 e. The van der Waals surface area contributed by atoms with E-state index < -0.39 is 35.2 Å². The third-order valence-corrected chi connectivity index (χ3v) is 4.92. The van der Waals surface area contributed by atoms with Gasteiger partial charge in [0.25, 0.3) is 11.8 Å². The molecule has 154 valence electrons. The van der Waals surface area contributed by atoms with Crippen LogP contribution in [-0.2, 0) is 10.7 Å². The van der Waals surface area contributed by atoms with Crippen LogP contribution in [0.2, 0.25) is 0 Å². The number of amides is 2. The third-order valence-electron chi connectivity index (χ3n) is 4.92. The molecule has 0 aliphatic carbocycles. The molecule has 5 nitrogen and oxygen atoms in total. The molecule has 0 spiro atoms. The number of likely N-dealkylation sites (tertiary alicyclic amines) is 1. The van der Waals surface area contributed by atoms with E-state index in [2.05, 4.69) is 5.32 Å². The van der Waals surface area contributed by atoms with Gasteiger partial charge >= 0.3 is 5.92 Å². The monoisotopic (exact) mass is 406 g/mol. The van der Waals surface area contributed by atoms with Crippen molar-refractivity contribution in [2.75, 3.05) is 18.4 Å². The average molecular weight is 406 g/mol. The van der Waals surface area contributed by atoms with E-state index in [9.17, 15) is 27.9 Å². The van der Waals surface area contributed by atoms with E-state index in [1.54, 1.807) is 0 Å². The Labute approximate surface area is 166 Å². The lowest BCUT2D eigenvalue weighted by Gasteiger charge is -2.32. The fourth-order valence-corrected chi connectivity index (χ4v) is 3.17. The normalized spacial score (nSPS) is 15.3. The Morgan fingerprint density at radius 3 is 2.48 bits per heavy atom. The fraction of sp³-hybridized carbons (Fsp3) is 0.333. The van der Waals surface area contributed by atoms with Crippen molar-refractivity contribution in [1.82, 2.24) is 4.90 Å². The van der Waals surface area contributed by atoms with E-state index in [1.165, 1.54) is 37.3 Å². The molecule has 0 aromatic heterocycles. The van der Waals surface area contributed by atoms with E-state index in [-0.39, 0.29) is 31.5 Å². The lowest BCUT2D eigenvalue weighted by Crippen LogP contribution is -2.46. The summed E-state index contributed by atoms with van der Waals surface area (Å²) in [6.07, 6.45) is -0.0855. The molecule has 1 fully saturated rings. The molecule has 0 atom stereocenters. The Hall–Kier alpha value is -2.87. The van der Waals surface area contributed by atoms with E-state index in [1.807, 2.05) is 0 Å². The predicted molar refractivity (Wildman–Crippen MR) is 101 cm³/mol. The Balaban J connectivity index is 1.77. The highest BCUT2D eigenvalue weighted by Crippen LogP contribution is 2.32. The van der Waals surface area contributed by atoms with Gasteiger partial charge < -0.3 is 15.3 Å². The molecule has 1 aliphatic heterocycles. The Bertz CT molecular complexity index is 925. The summed E-state index contributed by atoms with van der Waals surface area (Å²) in [6, 6.07) is 8.70. The van der Waals surface area contributed by atoms with Gasteiger partial charge in [-0.05, 0) is 55.7 Å². The minimum Gasteiger partial charge on any atom is -0.393 e. The number of hydrogen-bond donors (Lipinski definition) is 2. The number of rotatable bonds is 4. The molecule has 1 aliphatic rings. The number of benzene rings is 2. The van der Waals surface area contributed by atoms with Crippen molar-refractivity contribution in [3.63, 3.8) is 0 Å². The van der Waals surface area contributed by atoms with Gasteiger partial charge in [-0.3, -0.25) is 9.59 Å². The molecular weight excluding hydrogens is 385 g/mol. The van der Waals surface area contributed by atoms with Gasteiger partial charge in [-0.25, -0.2) is 4.39 Å². The van der Waals surface area contributed by atoms with Gasteiger partial charge in [-0.15, -0.1) is 0 Å². The van der Waals surface area contributed by atoms with Crippen molar-refractivity contribution in [3.8, 4) is 0 Å². The second-order valence-corrected chi connectivity index (χ2v) is 7.10. The minimum atomic E-state index is -3.80. The molecule has 2 aromatic rings. The van der Waals surface area contributed by atoms with Gasteiger partial charge in [-0.1, -0.05) is 12.1 Å². The second-order valence-electron chi connectivity index (χ2n) is 7.10. The largest absolute Gasteiger partial charge is 0.393 e. The van der Waals surface area contributed by atoms with E-state index in [0.717, 1.165) is 17.0 Å². The van der Waals surface area contributed by atoms with Crippen LogP contribution in [0.25, 0.3) is 0 Å². The van der Waals surface area contributed by atoms with Gasteiger partial charge in [0.15, 0.2) is 0 Å². The number of carbonyl (C=O) groups is 2. The lowest BCUT2D eigenvalue weighted by atomic mass is 10.0. The summed E-state index contributed by atoms with van der Waals surface area (Å²) < 4.78 is 42.9. The molecule has 0 unspecified atom stereocenters. The topological polar surface area (TPSA) is 69.6 Å². The molecule has 2 N–H and O–H groups in total. The number of anilines is 1. The Morgan fingerprint density at radius 1 is 1.14 bits per heavy atom. The first-order valence-electron chi connectivity index (χ1n) is 9.22. The van der Waals surface area contributed by atoms with Crippen molar-refractivity contribution in [2.45, 2.75) is 31.8 Å². The highest BCUT2D eigenvalue weighted by Gasteiger charge is 2.44. The smallest absolute Gasteiger partial charge is 0.349 e. The summed E-state index contributed by atoms with van der Waals surface area (Å²) in [5.74, 6) is -6.22. The molecular formula is C21H21F3N2O3. The van der Waals surface area contributed by atoms with Crippen LogP contribution in [0.1, 0.15) is 34.3 Å². The highest BCUT2D eigenvalue weighted by atomic mass is 19.3. The zero-order valence-electron chi connectivity index (χ0n) is 15.8. The van der Waals surface area contributed by atoms with Crippen LogP contribution in [0.4, 0.5) is 18.9 Å². The lowest BCUT2D eigenvalue weighted by molar-refractivity contribution is -0.161. The SMILES string of the molecule is Cc1cc(NC(=O)c2cccc(C(F)(F)C(=O)N3CCC(O)CC3)c2)ccc1F. The van der Waals surface area contributed by atoms with Crippen molar-refractivity contribution >= 4 is 17.5 Å². The van der Waals surface area contributed by atoms with Gasteiger partial charge in [0.2, 0.25) is 0 Å². The molecule has 0 saturated carbocycles. The van der Waals surface area contributed by atoms with Crippen molar-refractivity contribution < 1.29 is 27.9 Å². The number of nitrogens with zero attached hydrogens (tertiary/aromatic N) is 1. The number of aliphatic hydroxyl groups excluding tert-OH is 1. The van der Waals surface area contributed by atoms with Crippen molar-refractivity contribution in [2.24, 2.45) is 0 Å². The van der Waals surface area contributed by atoms with Crippen LogP contribution in [0, 0.1) is 12.7 Å². The predicted octanol–water partition coefficient (Wildman–Crippen LogP) is 3.46. The number of alkyl halides is 2. The quantitative estimate of drug-likeness (QED) is 0.817. The first-order valence-corrected chi connectivity index (χ1v) is 9.22. The number of nitrogens with one attached hydrogen (secondary N) is 1. The first kappa shape index (κ1) is 20.9. The number of halogens is 3. The zero-order chi connectivity index (χ0) is 21.2. The summed E-state index contributed by atoms with van der Waals surface area (Å²) >= 11 is 0. The van der Waals surface area contributed by atoms with Crippen LogP contribution in [-0.4, -0.2) is 41.0 Å². The van der Waals surface area contributed by atoms with Gasteiger partial charge in [0.1, 0.15) is 5.82 Å². The Morgan fingerprint density at radius 2 is 1.83 bits per heavy atom. The number of hydrogen-bond acceptors (Lipinski definition) is 3. The number of aryl methyl sites for hydroxylation is 1. The molecule has 2 amide bonds. The molecule has 29 heavy (non-hydrogen) atoms. The second kappa shape index (κ2) is 8.24. The summed E-state index contributed by atoms with van der Waals surface area (Å²) in [6.45, 7) is 1.65. The summed E-state index contributed by atoms with van der Waals surface area (Å²) in [5.41, 5.74) is 0.0249. The van der Waals surface area contributed by atoms with Gasteiger partial charge in [0, 0.05) is 29.9 Å². The average Bonchev–Trinajstić information content (AvgIpc) is 2.71. The van der Waals surface area contributed by atoms with Crippen LogP contribution in [0.3, 0.4) is 0 Å². The summed E-state index contributed by atoms with van der Waals surface area (Å²) in [5, 5.41) is 12.0. The summed E-state index contributed by atoms with van der Waals surface area (Å²) in [4.78, 5) is 25.8. The fourth-order valence-electron chi connectivity index (χ4n) is 3.17. The van der Waals surface area contributed by atoms with Crippen LogP contribution in [0.5, 0.6) is 0 Å². The van der Waals surface area contributed by atoms with Crippen molar-refractivity contribution in [3.05, 3.63) is 65.0 Å². The van der Waals surface area contributed by atoms with Gasteiger partial charge in [-0.2, -0.15) is 8.78 Å². The Kier molecular flexibility index (Phi) is 5.93. The number of aliphatic hydroxyl groups is 1. The number of piperidine rings is 1. The molecule has 1 heterocycles. The number of carbonyl (C=O) groups excluding carboxylic acids is 2. The van der Waals surface area contributed by atoms with E-state index in [4.69, 9.17) is 0 Å². The highest BCUT2D eigenvalue weighted by molar-refractivity contribution is 6.04. The maximum absolute atomic E-state index is 14.8. The third kappa shape index (κ3) is 4.59.